The minimum atomic E-state index is -3.21. The van der Waals surface area contributed by atoms with Crippen molar-refractivity contribution in [2.24, 2.45) is 0 Å². The predicted octanol–water partition coefficient (Wildman–Crippen LogP) is 2.92. The van der Waals surface area contributed by atoms with Gasteiger partial charge in [-0.05, 0) is 38.8 Å². The SMILES string of the molecule is Cc1ncccc1Oc1ncnc(OC2C[C@@H]3C=C[C@@H](C2)N3S(=O)(=O)C2CC2)c1C. The van der Waals surface area contributed by atoms with E-state index < -0.39 is 10.0 Å². The number of nitrogens with zero attached hydrogens (tertiary/aromatic N) is 4. The van der Waals surface area contributed by atoms with Crippen LogP contribution >= 0.6 is 0 Å². The third-order valence-corrected chi connectivity index (χ3v) is 8.34. The molecular formula is C21H24N4O4S. The first-order valence-electron chi connectivity index (χ1n) is 10.2. The lowest BCUT2D eigenvalue weighted by atomic mass is 10.0. The number of pyridine rings is 1. The van der Waals surface area contributed by atoms with Crippen molar-refractivity contribution in [3.8, 4) is 17.5 Å². The molecule has 0 radical (unpaired) electrons. The summed E-state index contributed by atoms with van der Waals surface area (Å²) in [5, 5.41) is -0.195. The van der Waals surface area contributed by atoms with Crippen LogP contribution in [0.2, 0.25) is 0 Å². The molecule has 158 valence electrons. The number of aromatic nitrogens is 3. The zero-order chi connectivity index (χ0) is 20.9. The fourth-order valence-electron chi connectivity index (χ4n) is 4.16. The first-order chi connectivity index (χ1) is 14.4. The summed E-state index contributed by atoms with van der Waals surface area (Å²) in [6.07, 6.45) is 9.78. The average Bonchev–Trinajstić information content (AvgIpc) is 3.53. The summed E-state index contributed by atoms with van der Waals surface area (Å²) in [5.41, 5.74) is 1.47. The number of hydrogen-bond donors (Lipinski definition) is 0. The number of aryl methyl sites for hydroxylation is 1. The van der Waals surface area contributed by atoms with Crippen LogP contribution in [-0.2, 0) is 10.0 Å². The highest BCUT2D eigenvalue weighted by Crippen LogP contribution is 2.41. The van der Waals surface area contributed by atoms with E-state index in [0.29, 0.717) is 35.9 Å². The molecule has 2 aliphatic heterocycles. The van der Waals surface area contributed by atoms with Crippen molar-refractivity contribution < 1.29 is 17.9 Å². The molecule has 2 bridgehead atoms. The number of fused-ring (bicyclic) bond motifs is 2. The third-order valence-electron chi connectivity index (χ3n) is 5.89. The lowest BCUT2D eigenvalue weighted by Gasteiger charge is -2.38. The molecule has 1 aliphatic carbocycles. The molecule has 2 atom stereocenters. The van der Waals surface area contributed by atoms with Crippen LogP contribution in [0.1, 0.15) is 36.9 Å². The zero-order valence-corrected chi connectivity index (χ0v) is 17.7. The van der Waals surface area contributed by atoms with Gasteiger partial charge in [-0.1, -0.05) is 12.2 Å². The molecule has 9 heteroatoms. The number of ether oxygens (including phenoxy) is 2. The van der Waals surface area contributed by atoms with Gasteiger partial charge in [-0.25, -0.2) is 18.4 Å². The van der Waals surface area contributed by atoms with Crippen molar-refractivity contribution in [3.05, 3.63) is 48.1 Å². The Morgan fingerprint density at radius 1 is 1.03 bits per heavy atom. The largest absolute Gasteiger partial charge is 0.474 e. The van der Waals surface area contributed by atoms with Gasteiger partial charge in [0.2, 0.25) is 21.8 Å². The minimum Gasteiger partial charge on any atom is -0.474 e. The second kappa shape index (κ2) is 7.31. The van der Waals surface area contributed by atoms with Crippen molar-refractivity contribution in [1.82, 2.24) is 19.3 Å². The number of piperidine rings is 1. The molecule has 1 saturated heterocycles. The maximum Gasteiger partial charge on any atom is 0.229 e. The Bertz CT molecular complexity index is 1080. The normalized spacial score (nSPS) is 26.0. The van der Waals surface area contributed by atoms with Crippen LogP contribution < -0.4 is 9.47 Å². The van der Waals surface area contributed by atoms with Crippen LogP contribution in [-0.4, -0.2) is 51.1 Å². The molecule has 0 unspecified atom stereocenters. The van der Waals surface area contributed by atoms with Gasteiger partial charge in [0.15, 0.2) is 5.75 Å². The summed E-state index contributed by atoms with van der Waals surface area (Å²) in [6.45, 7) is 3.73. The topological polar surface area (TPSA) is 94.5 Å². The Balaban J connectivity index is 1.31. The molecular weight excluding hydrogens is 404 g/mol. The van der Waals surface area contributed by atoms with Crippen LogP contribution in [0.15, 0.2) is 36.8 Å². The van der Waals surface area contributed by atoms with Crippen molar-refractivity contribution in [2.45, 2.75) is 63.0 Å². The molecule has 0 N–H and O–H groups in total. The van der Waals surface area contributed by atoms with E-state index in [1.807, 2.05) is 38.1 Å². The number of sulfonamides is 1. The van der Waals surface area contributed by atoms with Gasteiger partial charge in [-0.2, -0.15) is 4.31 Å². The number of rotatable bonds is 6. The van der Waals surface area contributed by atoms with Gasteiger partial charge in [0.05, 0.1) is 16.5 Å². The van der Waals surface area contributed by atoms with Crippen LogP contribution in [0.5, 0.6) is 17.5 Å². The molecule has 2 fully saturated rings. The molecule has 0 amide bonds. The van der Waals surface area contributed by atoms with Crippen LogP contribution in [0.4, 0.5) is 0 Å². The van der Waals surface area contributed by atoms with E-state index in [2.05, 4.69) is 15.0 Å². The predicted molar refractivity (Wildman–Crippen MR) is 110 cm³/mol. The maximum absolute atomic E-state index is 12.8. The van der Waals surface area contributed by atoms with Crippen LogP contribution in [0, 0.1) is 13.8 Å². The van der Waals surface area contributed by atoms with E-state index in [4.69, 9.17) is 9.47 Å². The molecule has 0 aromatic carbocycles. The highest BCUT2D eigenvalue weighted by molar-refractivity contribution is 7.90. The first-order valence-corrected chi connectivity index (χ1v) is 11.7. The highest BCUT2D eigenvalue weighted by Gasteiger charge is 2.50. The highest BCUT2D eigenvalue weighted by atomic mass is 32.2. The van der Waals surface area contributed by atoms with Crippen molar-refractivity contribution in [3.63, 3.8) is 0 Å². The fourth-order valence-corrected chi connectivity index (χ4v) is 6.31. The van der Waals surface area contributed by atoms with Crippen molar-refractivity contribution in [2.75, 3.05) is 0 Å². The van der Waals surface area contributed by atoms with E-state index in [0.717, 1.165) is 18.5 Å². The van der Waals surface area contributed by atoms with E-state index in [-0.39, 0.29) is 23.4 Å². The van der Waals surface area contributed by atoms with E-state index in [9.17, 15) is 8.42 Å². The van der Waals surface area contributed by atoms with Gasteiger partial charge in [0.25, 0.3) is 0 Å². The van der Waals surface area contributed by atoms with Gasteiger partial charge in [-0.15, -0.1) is 0 Å². The Morgan fingerprint density at radius 3 is 2.40 bits per heavy atom. The van der Waals surface area contributed by atoms with Crippen LogP contribution in [0.3, 0.4) is 0 Å². The van der Waals surface area contributed by atoms with Gasteiger partial charge in [-0.3, -0.25) is 4.98 Å². The van der Waals surface area contributed by atoms with Gasteiger partial charge in [0, 0.05) is 31.1 Å². The van der Waals surface area contributed by atoms with E-state index >= 15 is 0 Å². The smallest absolute Gasteiger partial charge is 0.229 e. The Labute approximate surface area is 176 Å². The summed E-state index contributed by atoms with van der Waals surface area (Å²) in [6, 6.07) is 3.36. The van der Waals surface area contributed by atoms with E-state index in [1.54, 1.807) is 10.5 Å². The molecule has 0 spiro atoms. The molecule has 8 nitrogen and oxygen atoms in total. The van der Waals surface area contributed by atoms with Crippen molar-refractivity contribution >= 4 is 10.0 Å². The summed E-state index contributed by atoms with van der Waals surface area (Å²) in [5.74, 6) is 1.52. The van der Waals surface area contributed by atoms with Crippen LogP contribution in [0.25, 0.3) is 0 Å². The van der Waals surface area contributed by atoms with E-state index in [1.165, 1.54) is 6.33 Å². The van der Waals surface area contributed by atoms with Gasteiger partial charge >= 0.3 is 0 Å². The molecule has 3 aliphatic rings. The maximum atomic E-state index is 12.8. The summed E-state index contributed by atoms with van der Waals surface area (Å²) >= 11 is 0. The van der Waals surface area contributed by atoms with Gasteiger partial charge < -0.3 is 9.47 Å². The molecule has 2 aromatic heterocycles. The summed E-state index contributed by atoms with van der Waals surface area (Å²) in [4.78, 5) is 12.8. The average molecular weight is 429 g/mol. The van der Waals surface area contributed by atoms with Crippen molar-refractivity contribution in [1.29, 1.82) is 0 Å². The standard InChI is InChI=1S/C21H24N4O4S/c1-13-20(23-12-24-21(13)29-19-4-3-9-22-14(19)2)28-17-10-15-5-6-16(11-17)25(15)30(26,27)18-7-8-18/h3-6,9,12,15-18H,7-8,10-11H2,1-2H3/t15-,16-/m0/s1. The molecule has 5 rings (SSSR count). The Hall–Kier alpha value is -2.52. The third kappa shape index (κ3) is 3.45. The monoisotopic (exact) mass is 428 g/mol. The second-order valence-electron chi connectivity index (χ2n) is 8.10. The molecule has 30 heavy (non-hydrogen) atoms. The second-order valence-corrected chi connectivity index (χ2v) is 10.2. The molecule has 1 saturated carbocycles. The molecule has 4 heterocycles. The molecule has 2 aromatic rings. The van der Waals surface area contributed by atoms with Gasteiger partial charge in [0.1, 0.15) is 12.4 Å². The first kappa shape index (κ1) is 19.4. The zero-order valence-electron chi connectivity index (χ0n) is 16.9. The summed E-state index contributed by atoms with van der Waals surface area (Å²) < 4.78 is 39.4. The Kier molecular flexibility index (Phi) is 4.74. The lowest BCUT2D eigenvalue weighted by Crippen LogP contribution is -2.50. The quantitative estimate of drug-likeness (QED) is 0.653. The number of hydrogen-bond acceptors (Lipinski definition) is 7. The lowest BCUT2D eigenvalue weighted by molar-refractivity contribution is 0.0979. The Morgan fingerprint density at radius 2 is 1.73 bits per heavy atom. The fraction of sp³-hybridized carbons (Fsp3) is 0.476. The minimum absolute atomic E-state index is 0.123. The summed E-state index contributed by atoms with van der Waals surface area (Å²) in [7, 11) is -3.21.